The van der Waals surface area contributed by atoms with Gasteiger partial charge >= 0.3 is 0 Å². The zero-order valence-corrected chi connectivity index (χ0v) is 18.4. The van der Waals surface area contributed by atoms with Crippen LogP contribution in [0.1, 0.15) is 37.8 Å². The summed E-state index contributed by atoms with van der Waals surface area (Å²) in [4.78, 5) is 12.0. The molecule has 5 rings (SSSR count). The van der Waals surface area contributed by atoms with E-state index in [2.05, 4.69) is 74.0 Å². The summed E-state index contributed by atoms with van der Waals surface area (Å²) < 4.78 is 4.48. The largest absolute Gasteiger partial charge is 0.334 e. The number of nitrogens with zero attached hydrogens (tertiary/aromatic N) is 5. The van der Waals surface area contributed by atoms with Crippen molar-refractivity contribution in [3.63, 3.8) is 0 Å². The third-order valence-electron chi connectivity index (χ3n) is 6.77. The van der Waals surface area contributed by atoms with Gasteiger partial charge in [-0.25, -0.2) is 9.97 Å². The van der Waals surface area contributed by atoms with Crippen molar-refractivity contribution in [3.05, 3.63) is 66.8 Å². The molecule has 0 amide bonds. The lowest BCUT2D eigenvalue weighted by atomic mass is 9.93. The summed E-state index contributed by atoms with van der Waals surface area (Å²) in [6, 6.07) is 11.1. The number of piperidine rings is 1. The molecule has 160 valence electrons. The lowest BCUT2D eigenvalue weighted by Gasteiger charge is -2.29. The number of benzene rings is 1. The summed E-state index contributed by atoms with van der Waals surface area (Å²) in [5.41, 5.74) is 1.65. The molecule has 1 saturated heterocycles. The van der Waals surface area contributed by atoms with Crippen LogP contribution in [0.3, 0.4) is 0 Å². The Morgan fingerprint density at radius 3 is 2.50 bits per heavy atom. The molecular formula is C23H31ClN6. The Labute approximate surface area is 184 Å². The van der Waals surface area contributed by atoms with Crippen LogP contribution in [-0.2, 0) is 19.6 Å². The van der Waals surface area contributed by atoms with Crippen molar-refractivity contribution in [2.24, 2.45) is 5.41 Å². The Morgan fingerprint density at radius 2 is 1.73 bits per heavy atom. The number of imidazole rings is 2. The van der Waals surface area contributed by atoms with Gasteiger partial charge in [0.05, 0.1) is 13.1 Å². The number of para-hydroxylation sites is 1. The van der Waals surface area contributed by atoms with Crippen LogP contribution in [0, 0.1) is 5.41 Å². The minimum absolute atomic E-state index is 0. The first-order valence-corrected chi connectivity index (χ1v) is 10.8. The molecule has 2 fully saturated rings. The van der Waals surface area contributed by atoms with E-state index >= 15 is 0 Å². The molecule has 1 N–H and O–H groups in total. The highest BCUT2D eigenvalue weighted by molar-refractivity contribution is 5.85. The second kappa shape index (κ2) is 8.92. The van der Waals surface area contributed by atoms with Gasteiger partial charge in [-0.15, -0.1) is 12.4 Å². The zero-order chi connectivity index (χ0) is 19.7. The quantitative estimate of drug-likeness (QED) is 0.626. The number of rotatable bonds is 7. The molecule has 30 heavy (non-hydrogen) atoms. The molecule has 1 aromatic carbocycles. The van der Waals surface area contributed by atoms with Crippen LogP contribution < -0.4 is 5.32 Å². The molecule has 1 aliphatic heterocycles. The van der Waals surface area contributed by atoms with E-state index < -0.39 is 0 Å². The molecule has 2 aliphatic rings. The number of aromatic nitrogens is 4. The van der Waals surface area contributed by atoms with Crippen LogP contribution in [0.4, 0.5) is 0 Å². The summed E-state index contributed by atoms with van der Waals surface area (Å²) in [6.07, 6.45) is 11.9. The van der Waals surface area contributed by atoms with Gasteiger partial charge in [0, 0.05) is 43.1 Å². The van der Waals surface area contributed by atoms with E-state index in [0.717, 1.165) is 44.4 Å². The first-order chi connectivity index (χ1) is 14.3. The fourth-order valence-electron chi connectivity index (χ4n) is 5.00. The van der Waals surface area contributed by atoms with Gasteiger partial charge in [0.15, 0.2) is 0 Å². The SMILES string of the molecule is CCn1ccnc1CN(Cc1nccn1-c1ccccc1)C1CC12CCNCC2.Cl. The average Bonchev–Trinajstić information content (AvgIpc) is 3.12. The Bertz CT molecular complexity index is 944. The summed E-state index contributed by atoms with van der Waals surface area (Å²) in [6.45, 7) is 7.16. The molecule has 0 radical (unpaired) electrons. The molecule has 1 spiro atoms. The van der Waals surface area contributed by atoms with Crippen LogP contribution in [0.2, 0.25) is 0 Å². The Morgan fingerprint density at radius 1 is 1.03 bits per heavy atom. The molecule has 6 nitrogen and oxygen atoms in total. The van der Waals surface area contributed by atoms with Crippen molar-refractivity contribution in [1.29, 1.82) is 0 Å². The monoisotopic (exact) mass is 426 g/mol. The highest BCUT2D eigenvalue weighted by Gasteiger charge is 2.56. The molecule has 1 atom stereocenters. The number of hydrogen-bond acceptors (Lipinski definition) is 4. The zero-order valence-electron chi connectivity index (χ0n) is 17.6. The minimum Gasteiger partial charge on any atom is -0.334 e. The fourth-order valence-corrected chi connectivity index (χ4v) is 5.00. The minimum atomic E-state index is 0. The topological polar surface area (TPSA) is 50.9 Å². The number of nitrogens with one attached hydrogen (secondary N) is 1. The van der Waals surface area contributed by atoms with Gasteiger partial charge in [0.1, 0.15) is 11.6 Å². The number of aryl methyl sites for hydroxylation is 1. The standard InChI is InChI=1S/C23H30N6.ClH/c1-2-27-14-12-25-21(27)17-28(20-16-23(20)8-10-24-11-9-23)18-22-26-13-15-29(22)19-6-4-3-5-7-19;/h3-7,12-15,20,24H,2,8-11,16-18H2,1H3;1H. The first-order valence-electron chi connectivity index (χ1n) is 10.8. The lowest BCUT2D eigenvalue weighted by Crippen LogP contribution is -2.36. The van der Waals surface area contributed by atoms with Crippen LogP contribution in [0.25, 0.3) is 5.69 Å². The summed E-state index contributed by atoms with van der Waals surface area (Å²) in [5, 5.41) is 3.53. The van der Waals surface area contributed by atoms with Gasteiger partial charge in [0.25, 0.3) is 0 Å². The number of halogens is 1. The molecule has 1 unspecified atom stereocenters. The first kappa shape index (κ1) is 21.1. The molecule has 1 aliphatic carbocycles. The molecular weight excluding hydrogens is 396 g/mol. The van der Waals surface area contributed by atoms with E-state index in [0.29, 0.717) is 11.5 Å². The Balaban J connectivity index is 0.00000218. The molecule has 2 aromatic heterocycles. The summed E-state index contributed by atoms with van der Waals surface area (Å²) in [7, 11) is 0. The van der Waals surface area contributed by atoms with E-state index in [1.807, 2.05) is 12.4 Å². The van der Waals surface area contributed by atoms with Crippen molar-refractivity contribution in [2.75, 3.05) is 13.1 Å². The van der Waals surface area contributed by atoms with Gasteiger partial charge in [-0.1, -0.05) is 18.2 Å². The lowest BCUT2D eigenvalue weighted by molar-refractivity contribution is 0.178. The highest BCUT2D eigenvalue weighted by atomic mass is 35.5. The highest BCUT2D eigenvalue weighted by Crippen LogP contribution is 2.56. The second-order valence-corrected chi connectivity index (χ2v) is 8.42. The fraction of sp³-hybridized carbons (Fsp3) is 0.478. The van der Waals surface area contributed by atoms with Gasteiger partial charge < -0.3 is 14.5 Å². The third-order valence-corrected chi connectivity index (χ3v) is 6.77. The predicted molar refractivity (Wildman–Crippen MR) is 121 cm³/mol. The molecule has 7 heteroatoms. The Hall–Kier alpha value is -2.15. The molecule has 0 bridgehead atoms. The van der Waals surface area contributed by atoms with E-state index in [9.17, 15) is 0 Å². The average molecular weight is 427 g/mol. The van der Waals surface area contributed by atoms with Crippen LogP contribution in [0.5, 0.6) is 0 Å². The van der Waals surface area contributed by atoms with Crippen molar-refractivity contribution in [1.82, 2.24) is 29.3 Å². The van der Waals surface area contributed by atoms with Crippen molar-refractivity contribution < 1.29 is 0 Å². The van der Waals surface area contributed by atoms with Gasteiger partial charge in [-0.2, -0.15) is 0 Å². The van der Waals surface area contributed by atoms with Crippen LogP contribution in [0.15, 0.2) is 55.1 Å². The van der Waals surface area contributed by atoms with Crippen molar-refractivity contribution in [3.8, 4) is 5.69 Å². The predicted octanol–water partition coefficient (Wildman–Crippen LogP) is 3.65. The smallest absolute Gasteiger partial charge is 0.127 e. The summed E-state index contributed by atoms with van der Waals surface area (Å²) in [5.74, 6) is 2.25. The normalized spacial score (nSPS) is 19.7. The number of hydrogen-bond donors (Lipinski definition) is 1. The van der Waals surface area contributed by atoms with Gasteiger partial charge in [-0.05, 0) is 56.8 Å². The van der Waals surface area contributed by atoms with Crippen LogP contribution >= 0.6 is 12.4 Å². The maximum atomic E-state index is 4.73. The van der Waals surface area contributed by atoms with Gasteiger partial charge in [-0.3, -0.25) is 4.90 Å². The van der Waals surface area contributed by atoms with Crippen molar-refractivity contribution in [2.45, 2.75) is 51.9 Å². The third kappa shape index (κ3) is 4.04. The molecule has 1 saturated carbocycles. The van der Waals surface area contributed by atoms with Crippen molar-refractivity contribution >= 4 is 12.4 Å². The van der Waals surface area contributed by atoms with E-state index in [1.165, 1.54) is 24.9 Å². The summed E-state index contributed by atoms with van der Waals surface area (Å²) >= 11 is 0. The molecule has 3 heterocycles. The van der Waals surface area contributed by atoms with E-state index in [4.69, 9.17) is 4.98 Å². The van der Waals surface area contributed by atoms with Crippen LogP contribution in [-0.4, -0.2) is 43.1 Å². The van der Waals surface area contributed by atoms with E-state index in [1.54, 1.807) is 0 Å². The second-order valence-electron chi connectivity index (χ2n) is 8.42. The molecule has 3 aromatic rings. The van der Waals surface area contributed by atoms with Gasteiger partial charge in [0.2, 0.25) is 0 Å². The maximum Gasteiger partial charge on any atom is 0.127 e. The van der Waals surface area contributed by atoms with E-state index in [-0.39, 0.29) is 12.4 Å². The Kier molecular flexibility index (Phi) is 6.27. The maximum absolute atomic E-state index is 4.73.